The summed E-state index contributed by atoms with van der Waals surface area (Å²) in [5, 5.41) is 11.8. The van der Waals surface area contributed by atoms with Gasteiger partial charge in [0.25, 0.3) is 0 Å². The largest absolute Gasteiger partial charge is 0.385 e. The Labute approximate surface area is 153 Å². The number of nitrogens with zero attached hydrogens (tertiary/aromatic N) is 3. The van der Waals surface area contributed by atoms with Crippen LogP contribution in [0.2, 0.25) is 0 Å². The lowest BCUT2D eigenvalue weighted by Crippen LogP contribution is -2.28. The van der Waals surface area contributed by atoms with Crippen molar-refractivity contribution in [2.75, 3.05) is 19.5 Å². The molecule has 2 rings (SSSR count). The van der Waals surface area contributed by atoms with E-state index < -0.39 is 0 Å². The zero-order chi connectivity index (χ0) is 18.2. The van der Waals surface area contributed by atoms with E-state index in [0.717, 1.165) is 23.7 Å². The minimum absolute atomic E-state index is 0.0119. The lowest BCUT2D eigenvalue weighted by molar-refractivity contribution is -0.119. The Hall–Kier alpha value is -1.86. The number of benzene rings is 1. The number of rotatable bonds is 9. The van der Waals surface area contributed by atoms with Gasteiger partial charge in [-0.15, -0.1) is 10.2 Å². The van der Waals surface area contributed by atoms with Gasteiger partial charge < -0.3 is 14.6 Å². The normalized spacial score (nSPS) is 12.2. The standard InChI is InChI=1S/C18H26N4O2S/c1-13-6-7-16(10-14(13)2)15(3)20-17(23)11-25-18-21-19-12-22(18)8-5-9-24-4/h6-7,10,12,15H,5,8-9,11H2,1-4H3,(H,20,23)/t15-/m0/s1. The average Bonchev–Trinajstić information content (AvgIpc) is 3.03. The Morgan fingerprint density at radius 2 is 2.16 bits per heavy atom. The number of carbonyl (C=O) groups is 1. The van der Waals surface area contributed by atoms with E-state index in [1.165, 1.54) is 22.9 Å². The molecule has 0 aliphatic carbocycles. The van der Waals surface area contributed by atoms with Crippen molar-refractivity contribution in [2.45, 2.75) is 44.9 Å². The summed E-state index contributed by atoms with van der Waals surface area (Å²) >= 11 is 1.40. The molecule has 0 bridgehead atoms. The third-order valence-corrected chi connectivity index (χ3v) is 5.05. The van der Waals surface area contributed by atoms with Gasteiger partial charge in [0.1, 0.15) is 6.33 Å². The number of ether oxygens (including phenoxy) is 1. The number of hydrogen-bond donors (Lipinski definition) is 1. The summed E-state index contributed by atoms with van der Waals surface area (Å²) in [6.07, 6.45) is 2.58. The molecule has 1 heterocycles. The van der Waals surface area contributed by atoms with Crippen LogP contribution in [0.25, 0.3) is 0 Å². The molecule has 1 aromatic heterocycles. The lowest BCUT2D eigenvalue weighted by Gasteiger charge is -2.15. The molecule has 0 radical (unpaired) electrons. The van der Waals surface area contributed by atoms with Crippen LogP contribution in [-0.2, 0) is 16.1 Å². The Morgan fingerprint density at radius 3 is 2.88 bits per heavy atom. The second-order valence-corrected chi connectivity index (χ2v) is 7.02. The summed E-state index contributed by atoms with van der Waals surface area (Å²) < 4.78 is 7.00. The summed E-state index contributed by atoms with van der Waals surface area (Å²) in [5.74, 6) is 0.306. The minimum atomic E-state index is -0.0213. The van der Waals surface area contributed by atoms with Crippen LogP contribution < -0.4 is 5.32 Å². The Morgan fingerprint density at radius 1 is 1.36 bits per heavy atom. The molecular weight excluding hydrogens is 336 g/mol. The number of aryl methyl sites for hydroxylation is 3. The van der Waals surface area contributed by atoms with Gasteiger partial charge in [-0.3, -0.25) is 4.79 Å². The van der Waals surface area contributed by atoms with Gasteiger partial charge >= 0.3 is 0 Å². The van der Waals surface area contributed by atoms with Crippen LogP contribution in [0.3, 0.4) is 0 Å². The second kappa shape index (κ2) is 9.58. The summed E-state index contributed by atoms with van der Waals surface area (Å²) in [4.78, 5) is 12.2. The van der Waals surface area contributed by atoms with Crippen LogP contribution in [0.5, 0.6) is 0 Å². The SMILES string of the molecule is COCCCn1cnnc1SCC(=O)N[C@@H](C)c1ccc(C)c(C)c1. The lowest BCUT2D eigenvalue weighted by atomic mass is 10.0. The smallest absolute Gasteiger partial charge is 0.230 e. The Balaban J connectivity index is 1.84. The third-order valence-electron chi connectivity index (χ3n) is 4.07. The zero-order valence-corrected chi connectivity index (χ0v) is 16.1. The predicted octanol–water partition coefficient (Wildman–Crippen LogP) is 2.90. The maximum Gasteiger partial charge on any atom is 0.230 e. The van der Waals surface area contributed by atoms with E-state index in [0.29, 0.717) is 12.4 Å². The monoisotopic (exact) mass is 362 g/mol. The van der Waals surface area contributed by atoms with Crippen molar-refractivity contribution in [1.29, 1.82) is 0 Å². The van der Waals surface area contributed by atoms with Crippen LogP contribution in [0.15, 0.2) is 29.7 Å². The second-order valence-electron chi connectivity index (χ2n) is 6.07. The van der Waals surface area contributed by atoms with E-state index in [-0.39, 0.29) is 11.9 Å². The van der Waals surface area contributed by atoms with Crippen molar-refractivity contribution in [3.8, 4) is 0 Å². The first-order chi connectivity index (χ1) is 12.0. The van der Waals surface area contributed by atoms with Gasteiger partial charge in [0.2, 0.25) is 5.91 Å². The first-order valence-electron chi connectivity index (χ1n) is 8.37. The van der Waals surface area contributed by atoms with Gasteiger partial charge in [-0.1, -0.05) is 30.0 Å². The molecule has 0 aliphatic rings. The first kappa shape index (κ1) is 19.5. The first-order valence-corrected chi connectivity index (χ1v) is 9.36. The quantitative estimate of drug-likeness (QED) is 0.549. The van der Waals surface area contributed by atoms with Gasteiger partial charge in [-0.2, -0.15) is 0 Å². The third kappa shape index (κ3) is 5.86. The highest BCUT2D eigenvalue weighted by Gasteiger charge is 2.12. The van der Waals surface area contributed by atoms with Gasteiger partial charge in [-0.25, -0.2) is 0 Å². The number of amides is 1. The number of nitrogens with one attached hydrogen (secondary N) is 1. The van der Waals surface area contributed by atoms with Crippen LogP contribution >= 0.6 is 11.8 Å². The fourth-order valence-electron chi connectivity index (χ4n) is 2.42. The fourth-order valence-corrected chi connectivity index (χ4v) is 3.17. The molecule has 0 fully saturated rings. The van der Waals surface area contributed by atoms with E-state index in [2.05, 4.69) is 47.6 Å². The van der Waals surface area contributed by atoms with Crippen molar-refractivity contribution < 1.29 is 9.53 Å². The van der Waals surface area contributed by atoms with Crippen LogP contribution in [0.4, 0.5) is 0 Å². The van der Waals surface area contributed by atoms with Gasteiger partial charge in [0.15, 0.2) is 5.16 Å². The highest BCUT2D eigenvalue weighted by atomic mass is 32.2. The number of methoxy groups -OCH3 is 1. The van der Waals surface area contributed by atoms with E-state index in [1.807, 2.05) is 11.5 Å². The molecule has 0 saturated heterocycles. The molecular formula is C18H26N4O2S. The minimum Gasteiger partial charge on any atom is -0.385 e. The molecule has 6 nitrogen and oxygen atoms in total. The molecule has 7 heteroatoms. The summed E-state index contributed by atoms with van der Waals surface area (Å²) in [7, 11) is 1.68. The van der Waals surface area contributed by atoms with Gasteiger partial charge in [0.05, 0.1) is 11.8 Å². The molecule has 0 unspecified atom stereocenters. The van der Waals surface area contributed by atoms with Crippen molar-refractivity contribution >= 4 is 17.7 Å². The summed E-state index contributed by atoms with van der Waals surface area (Å²) in [6.45, 7) is 7.64. The van der Waals surface area contributed by atoms with Crippen molar-refractivity contribution in [2.24, 2.45) is 0 Å². The zero-order valence-electron chi connectivity index (χ0n) is 15.3. The summed E-state index contributed by atoms with van der Waals surface area (Å²) in [6, 6.07) is 6.25. The van der Waals surface area contributed by atoms with Crippen LogP contribution in [0, 0.1) is 13.8 Å². The van der Waals surface area contributed by atoms with Crippen molar-refractivity contribution in [3.63, 3.8) is 0 Å². The van der Waals surface area contributed by atoms with Crippen molar-refractivity contribution in [3.05, 3.63) is 41.2 Å². The highest BCUT2D eigenvalue weighted by Crippen LogP contribution is 2.18. The van der Waals surface area contributed by atoms with Crippen molar-refractivity contribution in [1.82, 2.24) is 20.1 Å². The highest BCUT2D eigenvalue weighted by molar-refractivity contribution is 7.99. The van der Waals surface area contributed by atoms with Gasteiger partial charge in [-0.05, 0) is 43.9 Å². The van der Waals surface area contributed by atoms with Crippen LogP contribution in [-0.4, -0.2) is 40.1 Å². The molecule has 1 N–H and O–H groups in total. The molecule has 0 saturated carbocycles. The van der Waals surface area contributed by atoms with E-state index in [1.54, 1.807) is 13.4 Å². The maximum absolute atomic E-state index is 12.2. The van der Waals surface area contributed by atoms with E-state index in [4.69, 9.17) is 4.74 Å². The molecule has 0 spiro atoms. The number of carbonyl (C=O) groups excluding carboxylic acids is 1. The number of aromatic nitrogens is 3. The van der Waals surface area contributed by atoms with Crippen LogP contribution in [0.1, 0.15) is 36.1 Å². The topological polar surface area (TPSA) is 69.0 Å². The van der Waals surface area contributed by atoms with Gasteiger partial charge in [0, 0.05) is 20.3 Å². The van der Waals surface area contributed by atoms with E-state index >= 15 is 0 Å². The Kier molecular flexibility index (Phi) is 7.46. The molecule has 136 valence electrons. The Bertz CT molecular complexity index is 702. The molecule has 1 atom stereocenters. The average molecular weight is 362 g/mol. The molecule has 1 amide bonds. The number of hydrogen-bond acceptors (Lipinski definition) is 5. The molecule has 25 heavy (non-hydrogen) atoms. The van der Waals surface area contributed by atoms with E-state index in [9.17, 15) is 4.79 Å². The molecule has 2 aromatic rings. The predicted molar refractivity (Wildman–Crippen MR) is 99.7 cm³/mol. The maximum atomic E-state index is 12.2. The molecule has 0 aliphatic heterocycles. The summed E-state index contributed by atoms with van der Waals surface area (Å²) in [5.41, 5.74) is 3.60. The number of thioether (sulfide) groups is 1. The molecule has 1 aromatic carbocycles. The fraction of sp³-hybridized carbons (Fsp3) is 0.500.